The molecule has 0 aliphatic heterocycles. The van der Waals surface area contributed by atoms with E-state index in [0.717, 1.165) is 0 Å². The molecule has 0 bridgehead atoms. The maximum Gasteiger partial charge on any atom is 0.342 e. The third kappa shape index (κ3) is 3.85. The van der Waals surface area contributed by atoms with Crippen molar-refractivity contribution < 1.29 is 28.2 Å². The Morgan fingerprint density at radius 1 is 1.00 bits per heavy atom. The van der Waals surface area contributed by atoms with Gasteiger partial charge in [-0.15, -0.1) is 0 Å². The fourth-order valence-corrected chi connectivity index (χ4v) is 1.95. The van der Waals surface area contributed by atoms with Crippen molar-refractivity contribution >= 4 is 11.8 Å². The standard InChI is InChI=1S/C17H15FO5/c1-21-11-7-8-16(22-2)13(9-11)17(20)23-10-15(19)12-5-3-4-6-14(12)18/h3-9H,10H2,1-2H3. The molecule has 0 heterocycles. The number of ketones is 1. The first-order chi connectivity index (χ1) is 11.1. The van der Waals surface area contributed by atoms with Gasteiger partial charge in [-0.25, -0.2) is 9.18 Å². The molecule has 2 rings (SSSR count). The maximum atomic E-state index is 13.5. The molecule has 0 aliphatic carbocycles. The average molecular weight is 318 g/mol. The fourth-order valence-electron chi connectivity index (χ4n) is 1.95. The molecule has 120 valence electrons. The number of esters is 1. The Morgan fingerprint density at radius 2 is 1.74 bits per heavy atom. The highest BCUT2D eigenvalue weighted by Gasteiger charge is 2.18. The van der Waals surface area contributed by atoms with E-state index in [0.29, 0.717) is 5.75 Å². The summed E-state index contributed by atoms with van der Waals surface area (Å²) in [5.41, 5.74) is -0.00825. The lowest BCUT2D eigenvalue weighted by atomic mass is 10.1. The van der Waals surface area contributed by atoms with Crippen molar-refractivity contribution in [1.82, 2.24) is 0 Å². The lowest BCUT2D eigenvalue weighted by Crippen LogP contribution is -2.16. The van der Waals surface area contributed by atoms with Gasteiger partial charge >= 0.3 is 5.97 Å². The van der Waals surface area contributed by atoms with Gasteiger partial charge in [-0.3, -0.25) is 4.79 Å². The van der Waals surface area contributed by atoms with Crippen LogP contribution in [0.2, 0.25) is 0 Å². The van der Waals surface area contributed by atoms with Crippen molar-refractivity contribution in [3.63, 3.8) is 0 Å². The summed E-state index contributed by atoms with van der Waals surface area (Å²) >= 11 is 0. The van der Waals surface area contributed by atoms with Crippen LogP contribution in [0.3, 0.4) is 0 Å². The topological polar surface area (TPSA) is 61.8 Å². The molecule has 2 aromatic carbocycles. The highest BCUT2D eigenvalue weighted by atomic mass is 19.1. The molecule has 0 atom stereocenters. The van der Waals surface area contributed by atoms with Gasteiger partial charge in [0.1, 0.15) is 22.9 Å². The number of benzene rings is 2. The molecular weight excluding hydrogens is 303 g/mol. The van der Waals surface area contributed by atoms with Crippen molar-refractivity contribution in [2.75, 3.05) is 20.8 Å². The molecule has 0 spiro atoms. The first-order valence-electron chi connectivity index (χ1n) is 6.73. The summed E-state index contributed by atoms with van der Waals surface area (Å²) in [6.07, 6.45) is 0. The summed E-state index contributed by atoms with van der Waals surface area (Å²) in [4.78, 5) is 24.0. The van der Waals surface area contributed by atoms with Crippen LogP contribution < -0.4 is 9.47 Å². The molecular formula is C17H15FO5. The van der Waals surface area contributed by atoms with Crippen LogP contribution in [0.15, 0.2) is 42.5 Å². The van der Waals surface area contributed by atoms with Gasteiger partial charge in [0.05, 0.1) is 19.8 Å². The van der Waals surface area contributed by atoms with Crippen LogP contribution in [0.4, 0.5) is 4.39 Å². The lowest BCUT2D eigenvalue weighted by molar-refractivity contribution is 0.0470. The number of ether oxygens (including phenoxy) is 3. The van der Waals surface area contributed by atoms with Gasteiger partial charge in [0.15, 0.2) is 6.61 Å². The molecule has 6 heteroatoms. The second-order valence-corrected chi connectivity index (χ2v) is 4.55. The molecule has 0 aromatic heterocycles. The number of carbonyl (C=O) groups is 2. The zero-order valence-corrected chi connectivity index (χ0v) is 12.7. The SMILES string of the molecule is COc1ccc(OC)c(C(=O)OCC(=O)c2ccccc2F)c1. The largest absolute Gasteiger partial charge is 0.497 e. The van der Waals surface area contributed by atoms with Crippen molar-refractivity contribution in [2.45, 2.75) is 0 Å². The van der Waals surface area contributed by atoms with Gasteiger partial charge in [0, 0.05) is 0 Å². The molecule has 0 amide bonds. The normalized spacial score (nSPS) is 10.0. The smallest absolute Gasteiger partial charge is 0.342 e. The van der Waals surface area contributed by atoms with Crippen LogP contribution >= 0.6 is 0 Å². The Balaban J connectivity index is 2.11. The van der Waals surface area contributed by atoms with Crippen LogP contribution in [0, 0.1) is 5.82 Å². The zero-order chi connectivity index (χ0) is 16.8. The van der Waals surface area contributed by atoms with E-state index in [1.54, 1.807) is 12.1 Å². The number of methoxy groups -OCH3 is 2. The Bertz CT molecular complexity index is 727. The summed E-state index contributed by atoms with van der Waals surface area (Å²) in [6, 6.07) is 10.1. The van der Waals surface area contributed by atoms with Gasteiger partial charge in [-0.05, 0) is 30.3 Å². The lowest BCUT2D eigenvalue weighted by Gasteiger charge is -2.10. The molecule has 2 aromatic rings. The highest BCUT2D eigenvalue weighted by Crippen LogP contribution is 2.24. The van der Waals surface area contributed by atoms with E-state index in [-0.39, 0.29) is 16.9 Å². The molecule has 5 nitrogen and oxygen atoms in total. The third-order valence-electron chi connectivity index (χ3n) is 3.14. The van der Waals surface area contributed by atoms with Gasteiger partial charge in [-0.2, -0.15) is 0 Å². The van der Waals surface area contributed by atoms with Crippen molar-refractivity contribution in [2.24, 2.45) is 0 Å². The van der Waals surface area contributed by atoms with Crippen molar-refractivity contribution in [3.8, 4) is 11.5 Å². The summed E-state index contributed by atoms with van der Waals surface area (Å²) < 4.78 is 28.6. The second kappa shape index (κ2) is 7.40. The van der Waals surface area contributed by atoms with Crippen LogP contribution in [0.1, 0.15) is 20.7 Å². The molecule has 0 N–H and O–H groups in total. The summed E-state index contributed by atoms with van der Waals surface area (Å²) in [5.74, 6) is -1.32. The molecule has 0 radical (unpaired) electrons. The summed E-state index contributed by atoms with van der Waals surface area (Å²) in [7, 11) is 2.86. The van der Waals surface area contributed by atoms with Crippen molar-refractivity contribution in [1.29, 1.82) is 0 Å². The van der Waals surface area contributed by atoms with Crippen LogP contribution in [0.5, 0.6) is 11.5 Å². The quantitative estimate of drug-likeness (QED) is 0.605. The van der Waals surface area contributed by atoms with Crippen LogP contribution in [-0.2, 0) is 4.74 Å². The van der Waals surface area contributed by atoms with E-state index >= 15 is 0 Å². The van der Waals surface area contributed by atoms with E-state index in [2.05, 4.69) is 0 Å². The van der Waals surface area contributed by atoms with Gasteiger partial charge in [0.2, 0.25) is 5.78 Å². The highest BCUT2D eigenvalue weighted by molar-refractivity contribution is 6.00. The first kappa shape index (κ1) is 16.5. The molecule has 0 saturated heterocycles. The minimum absolute atomic E-state index is 0.119. The van der Waals surface area contributed by atoms with E-state index in [4.69, 9.17) is 14.2 Å². The van der Waals surface area contributed by atoms with Crippen LogP contribution in [0.25, 0.3) is 0 Å². The average Bonchev–Trinajstić information content (AvgIpc) is 2.59. The number of hydrogen-bond acceptors (Lipinski definition) is 5. The summed E-state index contributed by atoms with van der Waals surface area (Å²) in [5, 5.41) is 0. The number of Topliss-reactive ketones (excluding diaryl/α,β-unsaturated/α-hetero) is 1. The first-order valence-corrected chi connectivity index (χ1v) is 6.73. The minimum Gasteiger partial charge on any atom is -0.497 e. The van der Waals surface area contributed by atoms with Gasteiger partial charge in [-0.1, -0.05) is 12.1 Å². The Kier molecular flexibility index (Phi) is 5.30. The van der Waals surface area contributed by atoms with E-state index in [1.165, 1.54) is 44.6 Å². The van der Waals surface area contributed by atoms with Crippen molar-refractivity contribution in [3.05, 3.63) is 59.4 Å². The van der Waals surface area contributed by atoms with Gasteiger partial charge < -0.3 is 14.2 Å². The van der Waals surface area contributed by atoms with E-state index in [1.807, 2.05) is 0 Å². The monoisotopic (exact) mass is 318 g/mol. The molecule has 0 fully saturated rings. The second-order valence-electron chi connectivity index (χ2n) is 4.55. The number of rotatable bonds is 6. The third-order valence-corrected chi connectivity index (χ3v) is 3.14. The molecule has 0 saturated carbocycles. The Morgan fingerprint density at radius 3 is 2.39 bits per heavy atom. The maximum absolute atomic E-state index is 13.5. The van der Waals surface area contributed by atoms with E-state index < -0.39 is 24.2 Å². The minimum atomic E-state index is -0.759. The summed E-state index contributed by atoms with van der Waals surface area (Å²) in [6.45, 7) is -0.569. The fraction of sp³-hybridized carbons (Fsp3) is 0.176. The Hall–Kier alpha value is -2.89. The number of hydrogen-bond donors (Lipinski definition) is 0. The Labute approximate surface area is 132 Å². The van der Waals surface area contributed by atoms with E-state index in [9.17, 15) is 14.0 Å². The predicted octanol–water partition coefficient (Wildman–Crippen LogP) is 2.88. The molecule has 23 heavy (non-hydrogen) atoms. The number of halogens is 1. The zero-order valence-electron chi connectivity index (χ0n) is 12.7. The number of carbonyl (C=O) groups excluding carboxylic acids is 2. The van der Waals surface area contributed by atoms with Crippen LogP contribution in [-0.4, -0.2) is 32.6 Å². The predicted molar refractivity (Wildman–Crippen MR) is 80.6 cm³/mol. The molecule has 0 aliphatic rings. The molecule has 0 unspecified atom stereocenters. The van der Waals surface area contributed by atoms with Gasteiger partial charge in [0.25, 0.3) is 0 Å².